The summed E-state index contributed by atoms with van der Waals surface area (Å²) in [5.41, 5.74) is 0.542. The molecule has 1 atom stereocenters. The largest absolute Gasteiger partial charge is 0.355 e. The fourth-order valence-corrected chi connectivity index (χ4v) is 3.14. The van der Waals surface area contributed by atoms with Crippen molar-refractivity contribution >= 4 is 16.0 Å². The third-order valence-electron chi connectivity index (χ3n) is 3.04. The number of hydrogen-bond acceptors (Lipinski definition) is 3. The lowest BCUT2D eigenvalue weighted by Gasteiger charge is -2.27. The first-order valence-corrected chi connectivity index (χ1v) is 9.03. The van der Waals surface area contributed by atoms with Crippen molar-refractivity contribution in [3.8, 4) is 0 Å². The van der Waals surface area contributed by atoms with Crippen LogP contribution in [0, 0.1) is 0 Å². The summed E-state index contributed by atoms with van der Waals surface area (Å²) < 4.78 is 25.3. The molecule has 0 amide bonds. The summed E-state index contributed by atoms with van der Waals surface area (Å²) >= 11 is 0. The number of guanidine groups is 1. The van der Waals surface area contributed by atoms with Gasteiger partial charge in [0.15, 0.2) is 5.96 Å². The molecule has 22 heavy (non-hydrogen) atoms. The molecule has 1 aromatic carbocycles. The summed E-state index contributed by atoms with van der Waals surface area (Å²) in [5, 5.41) is 6.42. The molecule has 0 aromatic heterocycles. The Bertz CT molecular complexity index is 597. The van der Waals surface area contributed by atoms with Crippen molar-refractivity contribution in [1.82, 2.24) is 15.4 Å². The molecular formula is C15H26N4O2S. The predicted octanol–water partition coefficient (Wildman–Crippen LogP) is 1.24. The van der Waals surface area contributed by atoms with Crippen molar-refractivity contribution in [2.45, 2.75) is 32.4 Å². The van der Waals surface area contributed by atoms with E-state index in [9.17, 15) is 8.42 Å². The van der Waals surface area contributed by atoms with Gasteiger partial charge in [-0.1, -0.05) is 30.3 Å². The number of sulfonamides is 1. The Balaban J connectivity index is 2.60. The maximum absolute atomic E-state index is 11.3. The smallest absolute Gasteiger partial charge is 0.209 e. The minimum atomic E-state index is -3.25. The van der Waals surface area contributed by atoms with Crippen LogP contribution in [0.25, 0.3) is 0 Å². The van der Waals surface area contributed by atoms with Crippen LogP contribution < -0.4 is 15.4 Å². The average molecular weight is 326 g/mol. The van der Waals surface area contributed by atoms with E-state index in [4.69, 9.17) is 0 Å². The zero-order valence-electron chi connectivity index (χ0n) is 13.8. The van der Waals surface area contributed by atoms with E-state index in [0.29, 0.717) is 12.5 Å². The minimum Gasteiger partial charge on any atom is -0.355 e. The molecule has 0 spiro atoms. The number of benzene rings is 1. The highest BCUT2D eigenvalue weighted by Crippen LogP contribution is 2.10. The van der Waals surface area contributed by atoms with Gasteiger partial charge < -0.3 is 10.6 Å². The molecule has 6 nitrogen and oxygen atoms in total. The topological polar surface area (TPSA) is 82.6 Å². The molecule has 0 bridgehead atoms. The van der Waals surface area contributed by atoms with Gasteiger partial charge in [-0.2, -0.15) is 0 Å². The van der Waals surface area contributed by atoms with Crippen LogP contribution >= 0.6 is 0 Å². The van der Waals surface area contributed by atoms with E-state index in [2.05, 4.69) is 20.3 Å². The molecule has 1 aromatic rings. The van der Waals surface area contributed by atoms with Crippen molar-refractivity contribution in [1.29, 1.82) is 0 Å². The summed E-state index contributed by atoms with van der Waals surface area (Å²) in [5.74, 6) is 0.625. The average Bonchev–Trinajstić information content (AvgIpc) is 2.41. The van der Waals surface area contributed by atoms with Crippen LogP contribution in [0.15, 0.2) is 35.3 Å². The molecule has 0 radical (unpaired) electrons. The van der Waals surface area contributed by atoms with Gasteiger partial charge in [0.1, 0.15) is 0 Å². The van der Waals surface area contributed by atoms with Crippen LogP contribution in [0.4, 0.5) is 0 Å². The van der Waals surface area contributed by atoms with E-state index in [1.54, 1.807) is 7.05 Å². The summed E-state index contributed by atoms with van der Waals surface area (Å²) in [4.78, 5) is 4.17. The van der Waals surface area contributed by atoms with Gasteiger partial charge in [0, 0.05) is 19.1 Å². The van der Waals surface area contributed by atoms with E-state index in [1.807, 2.05) is 51.1 Å². The van der Waals surface area contributed by atoms with Crippen molar-refractivity contribution < 1.29 is 8.42 Å². The van der Waals surface area contributed by atoms with E-state index in [1.165, 1.54) is 0 Å². The van der Waals surface area contributed by atoms with Gasteiger partial charge in [0.05, 0.1) is 12.3 Å². The Morgan fingerprint density at radius 2 is 1.86 bits per heavy atom. The first kappa shape index (κ1) is 18.4. The summed E-state index contributed by atoms with van der Waals surface area (Å²) in [7, 11) is -1.57. The lowest BCUT2D eigenvalue weighted by molar-refractivity contribution is 0.445. The molecule has 0 aliphatic carbocycles. The second-order valence-corrected chi connectivity index (χ2v) is 7.71. The first-order chi connectivity index (χ1) is 10.1. The van der Waals surface area contributed by atoms with E-state index < -0.39 is 15.6 Å². The molecule has 0 aliphatic rings. The fourth-order valence-electron chi connectivity index (χ4n) is 2.07. The van der Waals surface area contributed by atoms with Gasteiger partial charge in [-0.05, 0) is 26.3 Å². The van der Waals surface area contributed by atoms with Crippen LogP contribution in [-0.4, -0.2) is 39.8 Å². The van der Waals surface area contributed by atoms with E-state index >= 15 is 0 Å². The number of nitrogens with one attached hydrogen (secondary N) is 3. The molecule has 0 saturated heterocycles. The lowest BCUT2D eigenvalue weighted by Crippen LogP contribution is -2.53. The van der Waals surface area contributed by atoms with E-state index in [0.717, 1.165) is 11.8 Å². The van der Waals surface area contributed by atoms with Crippen molar-refractivity contribution in [2.75, 3.05) is 19.8 Å². The first-order valence-electron chi connectivity index (χ1n) is 7.14. The summed E-state index contributed by atoms with van der Waals surface area (Å²) in [6, 6.07) is 10.1. The van der Waals surface area contributed by atoms with Gasteiger partial charge in [-0.3, -0.25) is 4.99 Å². The normalized spacial score (nSPS) is 14.5. The molecule has 3 N–H and O–H groups in total. The molecule has 7 heteroatoms. The van der Waals surface area contributed by atoms with Gasteiger partial charge in [0.25, 0.3) is 0 Å². The molecule has 0 fully saturated rings. The highest BCUT2D eigenvalue weighted by Gasteiger charge is 2.22. The standard InChI is InChI=1S/C15H26N4O2S/c1-12(13-9-7-6-8-10-13)18-14(16-4)17-11-15(2,3)19-22(5,20)21/h6-10,12,19H,11H2,1-5H3,(H2,16,17,18). The zero-order valence-corrected chi connectivity index (χ0v) is 14.7. The van der Waals surface area contributed by atoms with Gasteiger partial charge in [-0.15, -0.1) is 0 Å². The molecule has 1 rings (SSSR count). The minimum absolute atomic E-state index is 0.0957. The number of aliphatic imine (C=N–C) groups is 1. The van der Waals surface area contributed by atoms with Gasteiger partial charge in [0.2, 0.25) is 10.0 Å². The Morgan fingerprint density at radius 3 is 2.36 bits per heavy atom. The quantitative estimate of drug-likeness (QED) is 0.542. The van der Waals surface area contributed by atoms with Crippen molar-refractivity contribution in [2.24, 2.45) is 4.99 Å². The van der Waals surface area contributed by atoms with Crippen LogP contribution in [0.2, 0.25) is 0 Å². The monoisotopic (exact) mass is 326 g/mol. The highest BCUT2D eigenvalue weighted by molar-refractivity contribution is 7.88. The Kier molecular flexibility index (Phi) is 6.37. The van der Waals surface area contributed by atoms with Crippen LogP contribution in [0.1, 0.15) is 32.4 Å². The van der Waals surface area contributed by atoms with E-state index in [-0.39, 0.29) is 6.04 Å². The third kappa shape index (κ3) is 6.91. The van der Waals surface area contributed by atoms with Crippen molar-refractivity contribution in [3.05, 3.63) is 35.9 Å². The molecule has 124 valence electrons. The Morgan fingerprint density at radius 1 is 1.27 bits per heavy atom. The SMILES string of the molecule is CN=C(NCC(C)(C)NS(C)(=O)=O)NC(C)c1ccccc1. The van der Waals surface area contributed by atoms with Crippen LogP contribution in [0.3, 0.4) is 0 Å². The number of rotatable bonds is 6. The third-order valence-corrected chi connectivity index (χ3v) is 3.96. The number of hydrogen-bond donors (Lipinski definition) is 3. The maximum Gasteiger partial charge on any atom is 0.209 e. The lowest BCUT2D eigenvalue weighted by atomic mass is 10.1. The number of nitrogens with zero attached hydrogens (tertiary/aromatic N) is 1. The highest BCUT2D eigenvalue weighted by atomic mass is 32.2. The second kappa shape index (κ2) is 7.60. The Labute approximate surface area is 133 Å². The maximum atomic E-state index is 11.3. The van der Waals surface area contributed by atoms with Gasteiger partial charge >= 0.3 is 0 Å². The Hall–Kier alpha value is -1.60. The molecular weight excluding hydrogens is 300 g/mol. The summed E-state index contributed by atoms with van der Waals surface area (Å²) in [6.07, 6.45) is 1.15. The fraction of sp³-hybridized carbons (Fsp3) is 0.533. The molecule has 0 aliphatic heterocycles. The second-order valence-electron chi connectivity index (χ2n) is 5.96. The molecule has 1 unspecified atom stereocenters. The van der Waals surface area contributed by atoms with Gasteiger partial charge in [-0.25, -0.2) is 13.1 Å². The molecule has 0 heterocycles. The zero-order chi connectivity index (χ0) is 16.8. The predicted molar refractivity (Wildman–Crippen MR) is 91.4 cm³/mol. The van der Waals surface area contributed by atoms with Crippen LogP contribution in [-0.2, 0) is 10.0 Å². The molecule has 0 saturated carbocycles. The van der Waals surface area contributed by atoms with Crippen molar-refractivity contribution in [3.63, 3.8) is 0 Å². The van der Waals surface area contributed by atoms with Crippen LogP contribution in [0.5, 0.6) is 0 Å². The summed E-state index contributed by atoms with van der Waals surface area (Å²) in [6.45, 7) is 6.09.